The number of para-hydroxylation sites is 1. The molecule has 2 aliphatic rings. The number of methoxy groups -OCH3 is 1. The lowest BCUT2D eigenvalue weighted by Crippen LogP contribution is -2.67. The van der Waals surface area contributed by atoms with Crippen LogP contribution in [0.1, 0.15) is 48.6 Å². The van der Waals surface area contributed by atoms with Gasteiger partial charge in [-0.3, -0.25) is 9.59 Å². The third-order valence-corrected chi connectivity index (χ3v) is 8.63. The summed E-state index contributed by atoms with van der Waals surface area (Å²) in [4.78, 5) is 34.6. The quantitative estimate of drug-likeness (QED) is 0.294. The second-order valence-electron chi connectivity index (χ2n) is 10.7. The van der Waals surface area contributed by atoms with E-state index >= 15 is 0 Å². The Morgan fingerprint density at radius 2 is 1.90 bits per heavy atom. The summed E-state index contributed by atoms with van der Waals surface area (Å²) in [7, 11) is 1.61. The maximum Gasteiger partial charge on any atom is 0.255 e. The summed E-state index contributed by atoms with van der Waals surface area (Å²) in [5, 5.41) is 1.20. The number of aromatic amines is 1. The maximum atomic E-state index is 14.7. The first-order chi connectivity index (χ1) is 19.8. The van der Waals surface area contributed by atoms with Gasteiger partial charge in [-0.05, 0) is 54.8 Å². The fourth-order valence-electron chi connectivity index (χ4n) is 6.21. The molecule has 0 bridgehead atoms. The average Bonchev–Trinajstić information content (AvgIpc) is 3.37. The van der Waals surface area contributed by atoms with E-state index in [1.807, 2.05) is 49.4 Å². The molecule has 0 radical (unpaired) electrons. The lowest BCUT2D eigenvalue weighted by atomic mass is 9.76. The number of hydrogen-bond donors (Lipinski definition) is 1. The van der Waals surface area contributed by atoms with Gasteiger partial charge < -0.3 is 24.3 Å². The first-order valence-electron chi connectivity index (χ1n) is 13.7. The molecule has 2 atom stereocenters. The highest BCUT2D eigenvalue weighted by Crippen LogP contribution is 2.49. The fourth-order valence-corrected chi connectivity index (χ4v) is 6.43. The Morgan fingerprint density at radius 3 is 2.66 bits per heavy atom. The van der Waals surface area contributed by atoms with Crippen molar-refractivity contribution in [2.45, 2.75) is 38.3 Å². The number of nitrogens with one attached hydrogen (secondary N) is 1. The van der Waals surface area contributed by atoms with E-state index in [0.717, 1.165) is 28.5 Å². The first-order valence-corrected chi connectivity index (χ1v) is 14.1. The van der Waals surface area contributed by atoms with Crippen LogP contribution in [0.3, 0.4) is 0 Å². The molecule has 0 unspecified atom stereocenters. The van der Waals surface area contributed by atoms with E-state index in [1.165, 1.54) is 17.0 Å². The highest BCUT2D eigenvalue weighted by atomic mass is 35.5. The van der Waals surface area contributed by atoms with Crippen LogP contribution < -0.4 is 9.47 Å². The highest BCUT2D eigenvalue weighted by Gasteiger charge is 2.56. The number of halogens is 2. The number of piperazine rings is 1. The average molecular weight is 576 g/mol. The summed E-state index contributed by atoms with van der Waals surface area (Å²) in [5.41, 5.74) is 2.30. The van der Waals surface area contributed by atoms with Gasteiger partial charge in [0, 0.05) is 34.0 Å². The molecule has 6 rings (SSSR count). The van der Waals surface area contributed by atoms with Crippen molar-refractivity contribution in [1.82, 2.24) is 14.8 Å². The smallest absolute Gasteiger partial charge is 0.255 e. The van der Waals surface area contributed by atoms with Crippen LogP contribution in [0.4, 0.5) is 4.39 Å². The molecule has 1 N–H and O–H groups in total. The van der Waals surface area contributed by atoms with Gasteiger partial charge in [0.05, 0.1) is 26.0 Å². The lowest BCUT2D eigenvalue weighted by molar-refractivity contribution is -0.167. The van der Waals surface area contributed by atoms with Crippen LogP contribution in [0.25, 0.3) is 10.9 Å². The van der Waals surface area contributed by atoms with Gasteiger partial charge in [-0.15, -0.1) is 0 Å². The Hall–Kier alpha value is -4.04. The summed E-state index contributed by atoms with van der Waals surface area (Å²) >= 11 is 6.29. The van der Waals surface area contributed by atoms with E-state index < -0.39 is 11.4 Å². The molecule has 1 fully saturated rings. The van der Waals surface area contributed by atoms with E-state index in [-0.39, 0.29) is 41.4 Å². The molecule has 4 aromatic rings. The van der Waals surface area contributed by atoms with Crippen LogP contribution >= 0.6 is 11.6 Å². The fraction of sp³-hybridized carbons (Fsp3) is 0.312. The Balaban J connectivity index is 1.47. The van der Waals surface area contributed by atoms with Crippen molar-refractivity contribution in [3.63, 3.8) is 0 Å². The van der Waals surface area contributed by atoms with Gasteiger partial charge in [0.1, 0.15) is 12.4 Å². The molecule has 0 aliphatic carbocycles. The van der Waals surface area contributed by atoms with Gasteiger partial charge >= 0.3 is 0 Å². The molecule has 2 aliphatic heterocycles. The Labute approximate surface area is 242 Å². The van der Waals surface area contributed by atoms with Gasteiger partial charge in [0.25, 0.3) is 5.91 Å². The monoisotopic (exact) mass is 575 g/mol. The van der Waals surface area contributed by atoms with Crippen LogP contribution in [0, 0.1) is 5.82 Å². The topological polar surface area (TPSA) is 74.9 Å². The van der Waals surface area contributed by atoms with Gasteiger partial charge in [0.2, 0.25) is 5.91 Å². The van der Waals surface area contributed by atoms with E-state index in [2.05, 4.69) is 4.98 Å². The SMILES string of the molecule is CCCOc1ccc([C@@H]2CN3C(=O)CN(Cc4c(F)cccc4Cl)C(=O)[C@]3(C)c3[nH]c4ccccc4c32)cc1OC. The summed E-state index contributed by atoms with van der Waals surface area (Å²) in [6.07, 6.45) is 0.871. The van der Waals surface area contributed by atoms with Crippen LogP contribution in [0.15, 0.2) is 60.7 Å². The predicted octanol–water partition coefficient (Wildman–Crippen LogP) is 5.99. The number of aromatic nitrogens is 1. The summed E-state index contributed by atoms with van der Waals surface area (Å²) < 4.78 is 26.2. The molecular weight excluding hydrogens is 545 g/mol. The van der Waals surface area contributed by atoms with Gasteiger partial charge in [-0.1, -0.05) is 48.9 Å². The van der Waals surface area contributed by atoms with Crippen molar-refractivity contribution in [2.75, 3.05) is 26.8 Å². The minimum atomic E-state index is -1.31. The van der Waals surface area contributed by atoms with Crippen molar-refractivity contribution in [3.8, 4) is 11.5 Å². The minimum Gasteiger partial charge on any atom is -0.493 e. The molecule has 1 saturated heterocycles. The normalized spacial score (nSPS) is 20.3. The largest absolute Gasteiger partial charge is 0.493 e. The first kappa shape index (κ1) is 27.1. The number of rotatable bonds is 7. The standard InChI is InChI=1S/C32H31ClFN3O4/c1-4-14-41-26-13-12-19(15-27(26)40-3)21-17-37-28(38)18-36(16-22-23(33)9-7-10-24(22)34)31(39)32(37,2)30-29(21)20-8-5-6-11-25(20)35-30/h5-13,15,21,35H,4,14,16-18H2,1-3H3/t21-,32-/m0/s1. The second kappa shape index (κ2) is 10.4. The maximum absolute atomic E-state index is 14.7. The lowest BCUT2D eigenvalue weighted by Gasteiger charge is -2.51. The molecule has 3 heterocycles. The highest BCUT2D eigenvalue weighted by molar-refractivity contribution is 6.31. The van der Waals surface area contributed by atoms with Crippen molar-refractivity contribution in [1.29, 1.82) is 0 Å². The van der Waals surface area contributed by atoms with Crippen LogP contribution in [0.5, 0.6) is 11.5 Å². The number of amides is 2. The van der Waals surface area contributed by atoms with Gasteiger partial charge in [0.15, 0.2) is 17.0 Å². The summed E-state index contributed by atoms with van der Waals surface area (Å²) in [5.74, 6) is 0.0184. The number of benzene rings is 3. The number of carbonyl (C=O) groups is 2. The molecule has 1 aromatic heterocycles. The predicted molar refractivity (Wildman–Crippen MR) is 155 cm³/mol. The number of fused-ring (bicyclic) bond motifs is 5. The number of hydrogen-bond acceptors (Lipinski definition) is 4. The van der Waals surface area contributed by atoms with E-state index in [9.17, 15) is 14.0 Å². The van der Waals surface area contributed by atoms with Crippen LogP contribution in [-0.4, -0.2) is 53.4 Å². The van der Waals surface area contributed by atoms with Crippen LogP contribution in [0.2, 0.25) is 5.02 Å². The van der Waals surface area contributed by atoms with E-state index in [1.54, 1.807) is 25.0 Å². The molecule has 7 nitrogen and oxygen atoms in total. The van der Waals surface area contributed by atoms with Crippen molar-refractivity contribution in [3.05, 3.63) is 93.9 Å². The number of ether oxygens (including phenoxy) is 2. The zero-order chi connectivity index (χ0) is 28.9. The van der Waals surface area contributed by atoms with Gasteiger partial charge in [-0.2, -0.15) is 0 Å². The van der Waals surface area contributed by atoms with Crippen molar-refractivity contribution in [2.24, 2.45) is 0 Å². The zero-order valence-corrected chi connectivity index (χ0v) is 23.9. The second-order valence-corrected chi connectivity index (χ2v) is 11.1. The third kappa shape index (κ3) is 4.32. The van der Waals surface area contributed by atoms with Crippen molar-refractivity contribution >= 4 is 34.3 Å². The Bertz CT molecular complexity index is 1650. The number of H-pyrrole nitrogens is 1. The molecule has 41 heavy (non-hydrogen) atoms. The molecule has 212 valence electrons. The molecule has 2 amide bonds. The Kier molecular flexibility index (Phi) is 6.90. The molecule has 3 aromatic carbocycles. The zero-order valence-electron chi connectivity index (χ0n) is 23.2. The summed E-state index contributed by atoms with van der Waals surface area (Å²) in [6, 6.07) is 18.1. The third-order valence-electron chi connectivity index (χ3n) is 8.28. The van der Waals surface area contributed by atoms with E-state index in [0.29, 0.717) is 30.3 Å². The molecular formula is C32H31ClFN3O4. The number of carbonyl (C=O) groups excluding carboxylic acids is 2. The molecule has 0 saturated carbocycles. The molecule has 0 spiro atoms. The Morgan fingerprint density at radius 1 is 1.10 bits per heavy atom. The summed E-state index contributed by atoms with van der Waals surface area (Å²) in [6.45, 7) is 4.41. The van der Waals surface area contributed by atoms with Crippen LogP contribution in [-0.2, 0) is 21.7 Å². The minimum absolute atomic E-state index is 0.102. The van der Waals surface area contributed by atoms with E-state index in [4.69, 9.17) is 21.1 Å². The van der Waals surface area contributed by atoms with Crippen molar-refractivity contribution < 1.29 is 23.5 Å². The molecule has 9 heteroatoms. The number of nitrogens with zero attached hydrogens (tertiary/aromatic N) is 2. The van der Waals surface area contributed by atoms with Gasteiger partial charge in [-0.25, -0.2) is 4.39 Å².